The van der Waals surface area contributed by atoms with Gasteiger partial charge in [-0.3, -0.25) is 14.6 Å². The second kappa shape index (κ2) is 8.80. The van der Waals surface area contributed by atoms with Crippen molar-refractivity contribution in [1.29, 1.82) is 0 Å². The van der Waals surface area contributed by atoms with Crippen LogP contribution in [-0.2, 0) is 9.59 Å². The third kappa shape index (κ3) is 3.82. The van der Waals surface area contributed by atoms with Gasteiger partial charge in [-0.05, 0) is 31.5 Å². The lowest BCUT2D eigenvalue weighted by atomic mass is 9.95. The number of likely N-dealkylation sites (N-methyl/N-ethyl adjacent to an activating group) is 1. The van der Waals surface area contributed by atoms with E-state index < -0.39 is 17.7 Å². The lowest BCUT2D eigenvalue weighted by molar-refractivity contribution is -0.895. The van der Waals surface area contributed by atoms with Crippen LogP contribution in [0.15, 0.2) is 60.4 Å². The zero-order valence-corrected chi connectivity index (χ0v) is 16.3. The number of hydrogen-bond acceptors (Lipinski definition) is 4. The number of quaternary nitrogens is 1. The van der Waals surface area contributed by atoms with Crippen LogP contribution in [0, 0.1) is 0 Å². The Balaban J connectivity index is 2.06. The second-order valence-electron chi connectivity index (χ2n) is 6.85. The van der Waals surface area contributed by atoms with Gasteiger partial charge < -0.3 is 14.9 Å². The summed E-state index contributed by atoms with van der Waals surface area (Å²) < 4.78 is 0. The summed E-state index contributed by atoms with van der Waals surface area (Å²) >= 11 is 0. The highest BCUT2D eigenvalue weighted by Gasteiger charge is 2.46. The van der Waals surface area contributed by atoms with Gasteiger partial charge in [-0.1, -0.05) is 30.3 Å². The Hall–Kier alpha value is -2.99. The largest absolute Gasteiger partial charge is 0.507 e. The van der Waals surface area contributed by atoms with Crippen molar-refractivity contribution in [2.24, 2.45) is 0 Å². The van der Waals surface area contributed by atoms with E-state index in [1.165, 1.54) is 4.90 Å². The van der Waals surface area contributed by atoms with Crippen LogP contribution in [0.4, 0.5) is 0 Å². The Kier molecular flexibility index (Phi) is 6.21. The van der Waals surface area contributed by atoms with E-state index in [4.69, 9.17) is 0 Å². The van der Waals surface area contributed by atoms with Gasteiger partial charge in [0.1, 0.15) is 5.76 Å². The monoisotopic (exact) mass is 380 g/mol. The fourth-order valence-corrected chi connectivity index (χ4v) is 3.64. The number of aliphatic hydroxyl groups is 1. The van der Waals surface area contributed by atoms with Gasteiger partial charge in [-0.2, -0.15) is 0 Å². The molecule has 1 aliphatic rings. The molecule has 6 heteroatoms. The molecule has 0 unspecified atom stereocenters. The zero-order chi connectivity index (χ0) is 20.1. The summed E-state index contributed by atoms with van der Waals surface area (Å²) in [7, 11) is 0. The maximum absolute atomic E-state index is 12.9. The molecule has 0 bridgehead atoms. The summed E-state index contributed by atoms with van der Waals surface area (Å²) in [5, 5.41) is 10.9. The van der Waals surface area contributed by atoms with Gasteiger partial charge in [0, 0.05) is 18.0 Å². The first-order valence-corrected chi connectivity index (χ1v) is 9.65. The lowest BCUT2D eigenvalue weighted by Gasteiger charge is -2.26. The van der Waals surface area contributed by atoms with Gasteiger partial charge >= 0.3 is 0 Å². The van der Waals surface area contributed by atoms with Gasteiger partial charge in [0.05, 0.1) is 37.8 Å². The Labute approximate surface area is 165 Å². The maximum Gasteiger partial charge on any atom is 0.295 e. The topological polar surface area (TPSA) is 74.9 Å². The zero-order valence-electron chi connectivity index (χ0n) is 16.3. The standard InChI is InChI=1S/C22H25N3O3/c1-3-24(4-2)14-15-25-19(16-8-6-5-7-9-16)18(21(27)22(25)28)20(26)17-10-12-23-13-11-17/h5-13,19,26H,3-4,14-15H2,1-2H3/p+1/b20-18-/t19-/m1/s1. The van der Waals surface area contributed by atoms with E-state index >= 15 is 0 Å². The molecule has 3 rings (SSSR count). The number of nitrogens with zero attached hydrogens (tertiary/aromatic N) is 2. The van der Waals surface area contributed by atoms with E-state index in [0.717, 1.165) is 25.2 Å². The van der Waals surface area contributed by atoms with Gasteiger partial charge in [0.15, 0.2) is 0 Å². The predicted octanol–water partition coefficient (Wildman–Crippen LogP) is 1.43. The molecule has 0 saturated carbocycles. The highest BCUT2D eigenvalue weighted by atomic mass is 16.3. The second-order valence-corrected chi connectivity index (χ2v) is 6.85. The number of amides is 1. The third-order valence-electron chi connectivity index (χ3n) is 5.32. The molecule has 2 N–H and O–H groups in total. The number of carbonyl (C=O) groups excluding carboxylic acids is 2. The minimum Gasteiger partial charge on any atom is -0.507 e. The highest BCUT2D eigenvalue weighted by molar-refractivity contribution is 6.46. The van der Waals surface area contributed by atoms with E-state index in [0.29, 0.717) is 12.1 Å². The van der Waals surface area contributed by atoms with Crippen LogP contribution in [0.5, 0.6) is 0 Å². The third-order valence-corrected chi connectivity index (χ3v) is 5.32. The molecule has 0 aliphatic carbocycles. The van der Waals surface area contributed by atoms with Crippen LogP contribution in [0.2, 0.25) is 0 Å². The molecule has 2 heterocycles. The van der Waals surface area contributed by atoms with Crippen molar-refractivity contribution in [3.8, 4) is 0 Å². The predicted molar refractivity (Wildman–Crippen MR) is 107 cm³/mol. The molecule has 28 heavy (non-hydrogen) atoms. The van der Waals surface area contributed by atoms with E-state index in [-0.39, 0.29) is 11.3 Å². The first kappa shape index (κ1) is 19.8. The minimum absolute atomic E-state index is 0.136. The van der Waals surface area contributed by atoms with Crippen molar-refractivity contribution in [2.75, 3.05) is 26.2 Å². The number of rotatable bonds is 7. The van der Waals surface area contributed by atoms with Crippen molar-refractivity contribution in [3.63, 3.8) is 0 Å². The molecule has 1 amide bonds. The Morgan fingerprint density at radius 1 is 1.07 bits per heavy atom. The van der Waals surface area contributed by atoms with Crippen molar-refractivity contribution in [2.45, 2.75) is 19.9 Å². The van der Waals surface area contributed by atoms with E-state index in [9.17, 15) is 14.7 Å². The van der Waals surface area contributed by atoms with Crippen molar-refractivity contribution >= 4 is 17.4 Å². The molecule has 2 aromatic rings. The Morgan fingerprint density at radius 3 is 2.32 bits per heavy atom. The van der Waals surface area contributed by atoms with Crippen LogP contribution >= 0.6 is 0 Å². The molecule has 146 valence electrons. The number of aromatic nitrogens is 1. The molecule has 0 radical (unpaired) electrons. The Morgan fingerprint density at radius 2 is 1.71 bits per heavy atom. The summed E-state index contributed by atoms with van der Waals surface area (Å²) in [4.78, 5) is 32.6. The van der Waals surface area contributed by atoms with Crippen LogP contribution in [-0.4, -0.2) is 52.9 Å². The number of nitrogens with one attached hydrogen (secondary N) is 1. The summed E-state index contributed by atoms with van der Waals surface area (Å²) in [5.41, 5.74) is 1.42. The molecule has 1 fully saturated rings. The fraction of sp³-hybridized carbons (Fsp3) is 0.318. The number of hydrogen-bond donors (Lipinski definition) is 2. The molecule has 1 saturated heterocycles. The molecular formula is C22H26N3O3+. The van der Waals surface area contributed by atoms with Crippen molar-refractivity contribution < 1.29 is 19.6 Å². The number of benzene rings is 1. The first-order valence-electron chi connectivity index (χ1n) is 9.65. The van der Waals surface area contributed by atoms with E-state index in [2.05, 4.69) is 18.8 Å². The molecule has 1 aliphatic heterocycles. The number of carbonyl (C=O) groups is 2. The normalized spacial score (nSPS) is 18.8. The van der Waals surface area contributed by atoms with Gasteiger partial charge in [-0.15, -0.1) is 0 Å². The average Bonchev–Trinajstić information content (AvgIpc) is 3.00. The van der Waals surface area contributed by atoms with Crippen molar-refractivity contribution in [3.05, 3.63) is 71.6 Å². The molecule has 1 atom stereocenters. The summed E-state index contributed by atoms with van der Waals surface area (Å²) in [5.74, 6) is -1.36. The van der Waals surface area contributed by atoms with Gasteiger partial charge in [0.25, 0.3) is 11.7 Å². The van der Waals surface area contributed by atoms with Crippen LogP contribution in [0.3, 0.4) is 0 Å². The molecule has 0 spiro atoms. The highest BCUT2D eigenvalue weighted by Crippen LogP contribution is 2.38. The summed E-state index contributed by atoms with van der Waals surface area (Å²) in [6.45, 7) is 7.31. The molecule has 1 aromatic heterocycles. The summed E-state index contributed by atoms with van der Waals surface area (Å²) in [6.07, 6.45) is 3.10. The maximum atomic E-state index is 12.9. The molecular weight excluding hydrogens is 354 g/mol. The van der Waals surface area contributed by atoms with Gasteiger partial charge in [-0.25, -0.2) is 0 Å². The van der Waals surface area contributed by atoms with E-state index in [1.807, 2.05) is 30.3 Å². The summed E-state index contributed by atoms with van der Waals surface area (Å²) in [6, 6.07) is 12.1. The number of pyridine rings is 1. The lowest BCUT2D eigenvalue weighted by Crippen LogP contribution is -3.12. The molecule has 1 aromatic carbocycles. The van der Waals surface area contributed by atoms with E-state index in [1.54, 1.807) is 29.4 Å². The Bertz CT molecular complexity index is 861. The number of ketones is 1. The smallest absolute Gasteiger partial charge is 0.295 e. The molecule has 6 nitrogen and oxygen atoms in total. The van der Waals surface area contributed by atoms with Gasteiger partial charge in [0.2, 0.25) is 0 Å². The number of aliphatic hydroxyl groups excluding tert-OH is 1. The van der Waals surface area contributed by atoms with Crippen LogP contribution in [0.25, 0.3) is 5.76 Å². The van der Waals surface area contributed by atoms with Crippen LogP contribution < -0.4 is 4.90 Å². The number of likely N-dealkylation sites (tertiary alicyclic amines) is 1. The van der Waals surface area contributed by atoms with Crippen molar-refractivity contribution in [1.82, 2.24) is 9.88 Å². The minimum atomic E-state index is -0.641. The van der Waals surface area contributed by atoms with Crippen LogP contribution in [0.1, 0.15) is 31.0 Å². The SMILES string of the molecule is CC[NH+](CC)CCN1C(=O)C(=O)/C(=C(\O)c2ccncc2)[C@H]1c1ccccc1. The quantitative estimate of drug-likeness (QED) is 0.433. The first-order chi connectivity index (χ1) is 13.6. The number of Topliss-reactive ketones (excluding diaryl/α,β-unsaturated/α-hetero) is 1. The fourth-order valence-electron chi connectivity index (χ4n) is 3.64. The average molecular weight is 380 g/mol.